The van der Waals surface area contributed by atoms with Crippen molar-refractivity contribution in [3.05, 3.63) is 58.6 Å². The molecule has 0 saturated carbocycles. The zero-order valence-electron chi connectivity index (χ0n) is 17.1. The molecule has 0 aromatic heterocycles. The number of nitrogens with one attached hydrogen (secondary N) is 2. The fourth-order valence-corrected chi connectivity index (χ4v) is 4.69. The second-order valence-electron chi connectivity index (χ2n) is 8.75. The van der Waals surface area contributed by atoms with Crippen LogP contribution in [0.15, 0.2) is 47.4 Å². The molecular formula is C21H27ClN2O3S. The van der Waals surface area contributed by atoms with Crippen molar-refractivity contribution in [1.29, 1.82) is 0 Å². The van der Waals surface area contributed by atoms with Crippen LogP contribution in [0.1, 0.15) is 57.5 Å². The number of rotatable bonds is 4. The predicted molar refractivity (Wildman–Crippen MR) is 115 cm³/mol. The molecule has 0 aliphatic rings. The highest BCUT2D eigenvalue weighted by atomic mass is 35.5. The molecule has 0 aliphatic carbocycles. The Kier molecular flexibility index (Phi) is 6.28. The largest absolute Gasteiger partial charge is 0.322 e. The molecule has 0 unspecified atom stereocenters. The zero-order chi connectivity index (χ0) is 21.3. The highest BCUT2D eigenvalue weighted by Crippen LogP contribution is 2.30. The lowest BCUT2D eigenvalue weighted by Gasteiger charge is -2.23. The monoisotopic (exact) mass is 422 g/mol. The number of sulfonamides is 1. The van der Waals surface area contributed by atoms with E-state index < -0.39 is 21.5 Å². The van der Waals surface area contributed by atoms with Gasteiger partial charge in [-0.1, -0.05) is 50.6 Å². The molecule has 0 fully saturated rings. The van der Waals surface area contributed by atoms with Crippen LogP contribution in [-0.2, 0) is 15.4 Å². The number of halogens is 1. The topological polar surface area (TPSA) is 75.3 Å². The Bertz CT molecular complexity index is 987. The van der Waals surface area contributed by atoms with Gasteiger partial charge in [-0.25, -0.2) is 13.1 Å². The van der Waals surface area contributed by atoms with Crippen LogP contribution in [0.3, 0.4) is 0 Å². The second kappa shape index (κ2) is 7.85. The Balaban J connectivity index is 2.39. The Labute approximate surface area is 172 Å². The maximum Gasteiger partial charge on any atom is 0.255 e. The first-order chi connectivity index (χ1) is 12.7. The molecule has 2 rings (SSSR count). The van der Waals surface area contributed by atoms with Gasteiger partial charge in [-0.15, -0.1) is 0 Å². The Morgan fingerprint density at radius 1 is 0.964 bits per heavy atom. The van der Waals surface area contributed by atoms with E-state index in [1.165, 1.54) is 18.2 Å². The van der Waals surface area contributed by atoms with Gasteiger partial charge in [-0.2, -0.15) is 0 Å². The summed E-state index contributed by atoms with van der Waals surface area (Å²) < 4.78 is 27.9. The Morgan fingerprint density at radius 3 is 2.14 bits per heavy atom. The number of amides is 1. The average Bonchev–Trinajstić information content (AvgIpc) is 2.52. The maximum absolute atomic E-state index is 12.8. The Hall–Kier alpha value is -1.89. The minimum atomic E-state index is -3.87. The number of carbonyl (C=O) groups is 1. The van der Waals surface area contributed by atoms with Gasteiger partial charge in [-0.05, 0) is 56.0 Å². The van der Waals surface area contributed by atoms with Crippen molar-refractivity contribution in [3.63, 3.8) is 0 Å². The molecule has 2 aromatic carbocycles. The molecule has 152 valence electrons. The third kappa shape index (κ3) is 5.56. The van der Waals surface area contributed by atoms with Gasteiger partial charge in [0.05, 0.1) is 5.02 Å². The van der Waals surface area contributed by atoms with Gasteiger partial charge in [0, 0.05) is 16.8 Å². The van der Waals surface area contributed by atoms with E-state index in [-0.39, 0.29) is 20.9 Å². The van der Waals surface area contributed by atoms with Crippen LogP contribution in [0.2, 0.25) is 5.02 Å². The molecule has 28 heavy (non-hydrogen) atoms. The number of benzene rings is 2. The smallest absolute Gasteiger partial charge is 0.255 e. The van der Waals surface area contributed by atoms with Gasteiger partial charge in [0.1, 0.15) is 4.90 Å². The maximum atomic E-state index is 12.8. The van der Waals surface area contributed by atoms with Crippen molar-refractivity contribution in [2.24, 2.45) is 0 Å². The van der Waals surface area contributed by atoms with Gasteiger partial charge in [0.25, 0.3) is 5.91 Å². The minimum Gasteiger partial charge on any atom is -0.322 e. The number of anilines is 1. The fraction of sp³-hybridized carbons (Fsp3) is 0.381. The molecular weight excluding hydrogens is 396 g/mol. The molecule has 0 aliphatic heterocycles. The molecule has 0 bridgehead atoms. The third-order valence-electron chi connectivity index (χ3n) is 3.91. The number of carbonyl (C=O) groups excluding carboxylic acids is 1. The van der Waals surface area contributed by atoms with E-state index in [0.29, 0.717) is 5.69 Å². The Morgan fingerprint density at radius 2 is 1.57 bits per heavy atom. The molecule has 7 heteroatoms. The van der Waals surface area contributed by atoms with Gasteiger partial charge >= 0.3 is 0 Å². The summed E-state index contributed by atoms with van der Waals surface area (Å²) in [6.45, 7) is 11.4. The summed E-state index contributed by atoms with van der Waals surface area (Å²) in [4.78, 5) is 12.7. The lowest BCUT2D eigenvalue weighted by molar-refractivity contribution is 0.102. The van der Waals surface area contributed by atoms with E-state index >= 15 is 0 Å². The quantitative estimate of drug-likeness (QED) is 0.730. The van der Waals surface area contributed by atoms with Crippen molar-refractivity contribution in [2.75, 3.05) is 5.32 Å². The summed E-state index contributed by atoms with van der Waals surface area (Å²) in [6.07, 6.45) is 0. The zero-order valence-corrected chi connectivity index (χ0v) is 18.6. The first-order valence-electron chi connectivity index (χ1n) is 8.95. The summed E-state index contributed by atoms with van der Waals surface area (Å²) in [5, 5.41) is 2.94. The highest BCUT2D eigenvalue weighted by molar-refractivity contribution is 7.89. The third-order valence-corrected chi connectivity index (χ3v) is 6.15. The summed E-state index contributed by atoms with van der Waals surface area (Å²) in [7, 11) is -3.87. The van der Waals surface area contributed by atoms with Crippen LogP contribution in [0.5, 0.6) is 0 Å². The standard InChI is InChI=1S/C21H27ClN2O3S/c1-20(2,3)15-9-7-8-10-17(15)23-19(25)14-11-12-16(22)18(13-14)28(26,27)24-21(4,5)6/h7-13,24H,1-6H3,(H,23,25). The van der Waals surface area contributed by atoms with Crippen molar-refractivity contribution in [1.82, 2.24) is 4.72 Å². The van der Waals surface area contributed by atoms with E-state index in [4.69, 9.17) is 11.6 Å². The summed E-state index contributed by atoms with van der Waals surface area (Å²) in [6, 6.07) is 11.8. The van der Waals surface area contributed by atoms with Crippen LogP contribution in [-0.4, -0.2) is 19.9 Å². The lowest BCUT2D eigenvalue weighted by atomic mass is 9.86. The number of hydrogen-bond donors (Lipinski definition) is 2. The van der Waals surface area contributed by atoms with Gasteiger partial charge in [-0.3, -0.25) is 4.79 Å². The fourth-order valence-electron chi connectivity index (χ4n) is 2.75. The molecule has 0 spiro atoms. The van der Waals surface area contributed by atoms with E-state index in [1.807, 2.05) is 24.3 Å². The van der Waals surface area contributed by atoms with Crippen LogP contribution >= 0.6 is 11.6 Å². The molecule has 1 amide bonds. The first kappa shape index (κ1) is 22.4. The van der Waals surface area contributed by atoms with E-state index in [1.54, 1.807) is 20.8 Å². The van der Waals surface area contributed by atoms with Crippen molar-refractivity contribution < 1.29 is 13.2 Å². The highest BCUT2D eigenvalue weighted by Gasteiger charge is 2.26. The molecule has 2 N–H and O–H groups in total. The van der Waals surface area contributed by atoms with Crippen molar-refractivity contribution in [3.8, 4) is 0 Å². The summed E-state index contributed by atoms with van der Waals surface area (Å²) in [5.74, 6) is -0.402. The SMILES string of the molecule is CC(C)(C)NS(=O)(=O)c1cc(C(=O)Nc2ccccc2C(C)(C)C)ccc1Cl. The van der Waals surface area contributed by atoms with Crippen LogP contribution in [0, 0.1) is 0 Å². The van der Waals surface area contributed by atoms with Crippen LogP contribution in [0.4, 0.5) is 5.69 Å². The molecule has 0 heterocycles. The minimum absolute atomic E-state index is 0.0587. The molecule has 0 radical (unpaired) electrons. The molecule has 0 atom stereocenters. The van der Waals surface area contributed by atoms with Gasteiger partial charge in [0.15, 0.2) is 0 Å². The van der Waals surface area contributed by atoms with Crippen molar-refractivity contribution in [2.45, 2.75) is 57.4 Å². The molecule has 5 nitrogen and oxygen atoms in total. The van der Waals surface area contributed by atoms with Crippen LogP contribution < -0.4 is 10.0 Å². The predicted octanol–water partition coefficient (Wildman–Crippen LogP) is 4.97. The second-order valence-corrected chi connectivity index (χ2v) is 10.8. The van der Waals surface area contributed by atoms with E-state index in [0.717, 1.165) is 5.56 Å². The summed E-state index contributed by atoms with van der Waals surface area (Å²) in [5.41, 5.74) is 1.05. The van der Waals surface area contributed by atoms with Crippen molar-refractivity contribution >= 4 is 33.2 Å². The van der Waals surface area contributed by atoms with Crippen LogP contribution in [0.25, 0.3) is 0 Å². The number of hydrogen-bond acceptors (Lipinski definition) is 3. The normalized spacial score (nSPS) is 12.7. The summed E-state index contributed by atoms with van der Waals surface area (Å²) >= 11 is 6.11. The number of para-hydroxylation sites is 1. The van der Waals surface area contributed by atoms with E-state index in [9.17, 15) is 13.2 Å². The van der Waals surface area contributed by atoms with E-state index in [2.05, 4.69) is 30.8 Å². The molecule has 2 aromatic rings. The first-order valence-corrected chi connectivity index (χ1v) is 10.8. The van der Waals surface area contributed by atoms with Gasteiger partial charge in [0.2, 0.25) is 10.0 Å². The average molecular weight is 423 g/mol. The van der Waals surface area contributed by atoms with Gasteiger partial charge < -0.3 is 5.32 Å². The molecule has 0 saturated heterocycles. The lowest BCUT2D eigenvalue weighted by Crippen LogP contribution is -2.40.